The van der Waals surface area contributed by atoms with Crippen LogP contribution in [0.1, 0.15) is 18.1 Å². The molecule has 0 saturated carbocycles. The van der Waals surface area contributed by atoms with Gasteiger partial charge in [-0.15, -0.1) is 0 Å². The van der Waals surface area contributed by atoms with Crippen LogP contribution in [-0.2, 0) is 13.0 Å². The molecule has 96 valence electrons. The number of hydrogen-bond donors (Lipinski definition) is 0. The molecule has 0 amide bonds. The Morgan fingerprint density at radius 3 is 3.05 bits per heavy atom. The molecule has 0 saturated heterocycles. The van der Waals surface area contributed by atoms with Crippen molar-refractivity contribution >= 4 is 0 Å². The SMILES string of the molecule is C[C@@H](Cn1ccc2c1-c1cc(F)ccc1C2)N=[N+]=[N-]. The van der Waals surface area contributed by atoms with Crippen LogP contribution in [0.2, 0.25) is 0 Å². The Morgan fingerprint density at radius 2 is 2.26 bits per heavy atom. The van der Waals surface area contributed by atoms with Crippen molar-refractivity contribution in [3.63, 3.8) is 0 Å². The Morgan fingerprint density at radius 1 is 1.42 bits per heavy atom. The van der Waals surface area contributed by atoms with Crippen LogP contribution in [0.4, 0.5) is 4.39 Å². The van der Waals surface area contributed by atoms with Gasteiger partial charge in [0.2, 0.25) is 0 Å². The van der Waals surface area contributed by atoms with E-state index in [1.807, 2.05) is 23.8 Å². The van der Waals surface area contributed by atoms with Gasteiger partial charge in [-0.2, -0.15) is 0 Å². The fourth-order valence-electron chi connectivity index (χ4n) is 2.68. The topological polar surface area (TPSA) is 53.7 Å². The average Bonchev–Trinajstić information content (AvgIpc) is 2.90. The van der Waals surface area contributed by atoms with Gasteiger partial charge in [-0.05, 0) is 34.9 Å². The third-order valence-electron chi connectivity index (χ3n) is 3.46. The summed E-state index contributed by atoms with van der Waals surface area (Å²) in [6.45, 7) is 2.48. The molecular weight excluding hydrogens is 243 g/mol. The zero-order valence-electron chi connectivity index (χ0n) is 10.5. The molecule has 2 aromatic rings. The van der Waals surface area contributed by atoms with Crippen LogP contribution < -0.4 is 0 Å². The number of rotatable bonds is 3. The number of hydrogen-bond acceptors (Lipinski definition) is 1. The van der Waals surface area contributed by atoms with E-state index in [0.717, 1.165) is 23.2 Å². The Kier molecular flexibility index (Phi) is 2.76. The number of halogens is 1. The van der Waals surface area contributed by atoms with Crippen LogP contribution in [-0.4, -0.2) is 10.6 Å². The van der Waals surface area contributed by atoms with Gasteiger partial charge in [-0.3, -0.25) is 0 Å². The first-order valence-electron chi connectivity index (χ1n) is 6.20. The molecule has 1 aliphatic rings. The minimum absolute atomic E-state index is 0.126. The lowest BCUT2D eigenvalue weighted by Crippen LogP contribution is -2.09. The van der Waals surface area contributed by atoms with Gasteiger partial charge in [0.05, 0.1) is 11.7 Å². The van der Waals surface area contributed by atoms with Gasteiger partial charge in [-0.1, -0.05) is 18.1 Å². The fraction of sp³-hybridized carbons (Fsp3) is 0.286. The molecule has 1 aromatic carbocycles. The number of nitrogens with zero attached hydrogens (tertiary/aromatic N) is 4. The van der Waals surface area contributed by atoms with Crippen molar-refractivity contribution in [2.75, 3.05) is 0 Å². The number of fused-ring (bicyclic) bond motifs is 3. The average molecular weight is 256 g/mol. The van der Waals surface area contributed by atoms with Crippen molar-refractivity contribution in [1.82, 2.24) is 4.57 Å². The van der Waals surface area contributed by atoms with Crippen molar-refractivity contribution < 1.29 is 4.39 Å². The molecule has 19 heavy (non-hydrogen) atoms. The highest BCUT2D eigenvalue weighted by atomic mass is 19.1. The second kappa shape index (κ2) is 4.44. The fourth-order valence-corrected chi connectivity index (χ4v) is 2.68. The second-order valence-corrected chi connectivity index (χ2v) is 4.87. The molecule has 4 nitrogen and oxygen atoms in total. The lowest BCUT2D eigenvalue weighted by atomic mass is 10.1. The molecule has 0 radical (unpaired) electrons. The van der Waals surface area contributed by atoms with Gasteiger partial charge in [0, 0.05) is 29.6 Å². The number of benzene rings is 1. The predicted molar refractivity (Wildman–Crippen MR) is 71.2 cm³/mol. The maximum absolute atomic E-state index is 13.4. The van der Waals surface area contributed by atoms with Crippen LogP contribution in [0.25, 0.3) is 21.7 Å². The molecule has 3 rings (SSSR count). The smallest absolute Gasteiger partial charge is 0.123 e. The van der Waals surface area contributed by atoms with Crippen molar-refractivity contribution in [2.45, 2.75) is 25.9 Å². The minimum Gasteiger partial charge on any atom is -0.347 e. The van der Waals surface area contributed by atoms with Gasteiger partial charge in [0.1, 0.15) is 5.82 Å². The number of azide groups is 1. The first kappa shape index (κ1) is 11.8. The van der Waals surface area contributed by atoms with Gasteiger partial charge in [0.15, 0.2) is 0 Å². The Hall–Kier alpha value is -2.26. The van der Waals surface area contributed by atoms with E-state index in [0.29, 0.717) is 6.54 Å². The van der Waals surface area contributed by atoms with Crippen molar-refractivity contribution in [3.8, 4) is 11.3 Å². The Balaban J connectivity index is 2.02. The largest absolute Gasteiger partial charge is 0.347 e. The van der Waals surface area contributed by atoms with E-state index in [2.05, 4.69) is 16.1 Å². The van der Waals surface area contributed by atoms with Crippen LogP contribution in [0.15, 0.2) is 35.6 Å². The molecular formula is C14H13FN4. The highest BCUT2D eigenvalue weighted by Crippen LogP contribution is 2.37. The molecule has 0 bridgehead atoms. The summed E-state index contributed by atoms with van der Waals surface area (Å²) < 4.78 is 15.4. The van der Waals surface area contributed by atoms with Crippen LogP contribution >= 0.6 is 0 Å². The minimum atomic E-state index is -0.220. The molecule has 0 unspecified atom stereocenters. The Bertz CT molecular complexity index is 683. The van der Waals surface area contributed by atoms with Crippen LogP contribution in [0.5, 0.6) is 0 Å². The highest BCUT2D eigenvalue weighted by molar-refractivity contribution is 5.74. The summed E-state index contributed by atoms with van der Waals surface area (Å²) in [6, 6.07) is 6.84. The molecule has 1 heterocycles. The number of aromatic nitrogens is 1. The van der Waals surface area contributed by atoms with Gasteiger partial charge in [-0.25, -0.2) is 4.39 Å². The van der Waals surface area contributed by atoms with E-state index in [4.69, 9.17) is 5.53 Å². The molecule has 1 aromatic heterocycles. The van der Waals surface area contributed by atoms with E-state index >= 15 is 0 Å². The molecule has 1 atom stereocenters. The lowest BCUT2D eigenvalue weighted by Gasteiger charge is -2.11. The first-order chi connectivity index (χ1) is 9.19. The third-order valence-corrected chi connectivity index (χ3v) is 3.46. The molecule has 5 heteroatoms. The molecule has 0 spiro atoms. The van der Waals surface area contributed by atoms with Gasteiger partial charge < -0.3 is 4.57 Å². The van der Waals surface area contributed by atoms with E-state index < -0.39 is 0 Å². The van der Waals surface area contributed by atoms with Crippen LogP contribution in [0.3, 0.4) is 0 Å². The molecule has 0 N–H and O–H groups in total. The standard InChI is InChI=1S/C14H13FN4/c1-9(17-18-16)8-19-5-4-11-6-10-2-3-12(15)7-13(10)14(11)19/h2-5,7,9H,6,8H2,1H3/t9-/m0/s1. The van der Waals surface area contributed by atoms with Crippen LogP contribution in [0, 0.1) is 5.82 Å². The summed E-state index contributed by atoms with van der Waals surface area (Å²) >= 11 is 0. The van der Waals surface area contributed by atoms with E-state index in [1.165, 1.54) is 11.6 Å². The molecule has 0 fully saturated rings. The summed E-state index contributed by atoms with van der Waals surface area (Å²) in [6.07, 6.45) is 2.82. The summed E-state index contributed by atoms with van der Waals surface area (Å²) in [7, 11) is 0. The Labute approximate surface area is 110 Å². The summed E-state index contributed by atoms with van der Waals surface area (Å²) in [4.78, 5) is 2.82. The lowest BCUT2D eigenvalue weighted by molar-refractivity contribution is 0.593. The summed E-state index contributed by atoms with van der Waals surface area (Å²) in [5.41, 5.74) is 12.8. The summed E-state index contributed by atoms with van der Waals surface area (Å²) in [5, 5.41) is 3.68. The molecule has 1 aliphatic carbocycles. The van der Waals surface area contributed by atoms with Gasteiger partial charge >= 0.3 is 0 Å². The van der Waals surface area contributed by atoms with E-state index in [-0.39, 0.29) is 11.9 Å². The van der Waals surface area contributed by atoms with Crippen molar-refractivity contribution in [2.24, 2.45) is 5.11 Å². The van der Waals surface area contributed by atoms with E-state index in [1.54, 1.807) is 6.07 Å². The maximum atomic E-state index is 13.4. The zero-order valence-corrected chi connectivity index (χ0v) is 10.5. The molecule has 0 aliphatic heterocycles. The van der Waals surface area contributed by atoms with Gasteiger partial charge in [0.25, 0.3) is 0 Å². The monoisotopic (exact) mass is 256 g/mol. The maximum Gasteiger partial charge on any atom is 0.123 e. The normalized spacial score (nSPS) is 13.6. The quantitative estimate of drug-likeness (QED) is 0.388. The highest BCUT2D eigenvalue weighted by Gasteiger charge is 2.22. The summed E-state index contributed by atoms with van der Waals surface area (Å²) in [5.74, 6) is -0.220. The zero-order chi connectivity index (χ0) is 13.4. The van der Waals surface area contributed by atoms with Crippen molar-refractivity contribution in [3.05, 3.63) is 57.8 Å². The second-order valence-electron chi connectivity index (χ2n) is 4.87. The first-order valence-corrected chi connectivity index (χ1v) is 6.20. The predicted octanol–water partition coefficient (Wildman–Crippen LogP) is 3.90. The van der Waals surface area contributed by atoms with E-state index in [9.17, 15) is 4.39 Å². The third kappa shape index (κ3) is 1.98. The van der Waals surface area contributed by atoms with Crippen molar-refractivity contribution in [1.29, 1.82) is 0 Å².